The van der Waals surface area contributed by atoms with Gasteiger partial charge in [0.1, 0.15) is 4.88 Å². The number of amides is 1. The molecule has 0 aliphatic carbocycles. The number of carbonyl (C=O) groups excluding carboxylic acids is 2. The van der Waals surface area contributed by atoms with Crippen LogP contribution in [0.4, 0.5) is 14.5 Å². The van der Waals surface area contributed by atoms with E-state index in [2.05, 4.69) is 5.32 Å². The van der Waals surface area contributed by atoms with E-state index in [1.807, 2.05) is 0 Å². The Kier molecular flexibility index (Phi) is 6.12. The van der Waals surface area contributed by atoms with Crippen molar-refractivity contribution in [3.63, 3.8) is 0 Å². The van der Waals surface area contributed by atoms with E-state index in [9.17, 15) is 18.4 Å². The minimum absolute atomic E-state index is 0.247. The summed E-state index contributed by atoms with van der Waals surface area (Å²) in [7, 11) is 0. The Morgan fingerprint density at radius 2 is 2.04 bits per heavy atom. The van der Waals surface area contributed by atoms with Gasteiger partial charge in [-0.3, -0.25) is 4.79 Å². The highest BCUT2D eigenvalue weighted by atomic mass is 32.2. The highest BCUT2D eigenvalue weighted by molar-refractivity contribution is 7.99. The number of rotatable bonds is 6. The molecule has 0 bridgehead atoms. The molecule has 0 saturated heterocycles. The first-order valence-corrected chi connectivity index (χ1v) is 8.28. The van der Waals surface area contributed by atoms with Gasteiger partial charge in [-0.05, 0) is 36.1 Å². The minimum Gasteiger partial charge on any atom is -0.451 e. The molecule has 2 aromatic rings. The molecule has 0 radical (unpaired) electrons. The molecule has 0 fully saturated rings. The van der Waals surface area contributed by atoms with Gasteiger partial charge in [-0.25, -0.2) is 4.79 Å². The number of anilines is 1. The number of thioether (sulfide) groups is 1. The molecule has 1 N–H and O–H groups in total. The van der Waals surface area contributed by atoms with Crippen molar-refractivity contribution in [2.24, 2.45) is 0 Å². The van der Waals surface area contributed by atoms with E-state index in [0.29, 0.717) is 16.6 Å². The summed E-state index contributed by atoms with van der Waals surface area (Å²) in [5, 5.41) is 4.22. The zero-order valence-corrected chi connectivity index (χ0v) is 13.7. The van der Waals surface area contributed by atoms with Crippen LogP contribution in [0.3, 0.4) is 0 Å². The predicted molar refractivity (Wildman–Crippen MR) is 86.3 cm³/mol. The van der Waals surface area contributed by atoms with Gasteiger partial charge in [0.25, 0.3) is 11.7 Å². The Bertz CT molecular complexity index is 704. The van der Waals surface area contributed by atoms with Crippen molar-refractivity contribution >= 4 is 40.7 Å². The number of aryl methyl sites for hydroxylation is 1. The van der Waals surface area contributed by atoms with Crippen molar-refractivity contribution in [3.8, 4) is 0 Å². The molecule has 0 saturated carbocycles. The molecule has 1 aromatic heterocycles. The summed E-state index contributed by atoms with van der Waals surface area (Å²) in [5.41, 5.74) is 1.03. The maximum atomic E-state index is 12.5. The van der Waals surface area contributed by atoms with E-state index in [0.717, 1.165) is 5.56 Å². The van der Waals surface area contributed by atoms with Crippen LogP contribution in [0.15, 0.2) is 40.6 Å². The van der Waals surface area contributed by atoms with Crippen molar-refractivity contribution in [2.45, 2.75) is 17.6 Å². The lowest BCUT2D eigenvalue weighted by Crippen LogP contribution is -2.21. The standard InChI is InChI=1S/C15H13F2NO3S2/c1-9-6-7-22-13(9)14(20)21-8-12(19)18-10-4-2-3-5-11(10)23-15(16)17/h2-7,15H,8H2,1H3,(H,18,19). The molecule has 2 rings (SSSR count). The number of ether oxygens (including phenoxy) is 1. The summed E-state index contributed by atoms with van der Waals surface area (Å²) in [6.07, 6.45) is 0. The van der Waals surface area contributed by atoms with E-state index in [-0.39, 0.29) is 10.6 Å². The smallest absolute Gasteiger partial charge is 0.349 e. The largest absolute Gasteiger partial charge is 0.451 e. The van der Waals surface area contributed by atoms with Crippen LogP contribution in [-0.2, 0) is 9.53 Å². The van der Waals surface area contributed by atoms with Gasteiger partial charge in [0, 0.05) is 4.90 Å². The molecule has 0 aliphatic heterocycles. The lowest BCUT2D eigenvalue weighted by Gasteiger charge is -2.10. The summed E-state index contributed by atoms with van der Waals surface area (Å²) < 4.78 is 29.9. The van der Waals surface area contributed by atoms with Gasteiger partial charge >= 0.3 is 5.97 Å². The highest BCUT2D eigenvalue weighted by Gasteiger charge is 2.15. The van der Waals surface area contributed by atoms with Crippen molar-refractivity contribution in [1.29, 1.82) is 0 Å². The average molecular weight is 357 g/mol. The van der Waals surface area contributed by atoms with Gasteiger partial charge in [-0.2, -0.15) is 8.78 Å². The fraction of sp³-hybridized carbons (Fsp3) is 0.200. The SMILES string of the molecule is Cc1ccsc1C(=O)OCC(=O)Nc1ccccc1SC(F)F. The lowest BCUT2D eigenvalue weighted by molar-refractivity contribution is -0.119. The van der Waals surface area contributed by atoms with Gasteiger partial charge in [0.05, 0.1) is 5.69 Å². The number of thiophene rings is 1. The fourth-order valence-electron chi connectivity index (χ4n) is 1.73. The van der Waals surface area contributed by atoms with Crippen LogP contribution >= 0.6 is 23.1 Å². The molecule has 8 heteroatoms. The molecule has 0 aliphatic rings. The third-order valence-electron chi connectivity index (χ3n) is 2.76. The summed E-state index contributed by atoms with van der Waals surface area (Å²) in [5.74, 6) is -3.76. The normalized spacial score (nSPS) is 10.6. The molecule has 0 unspecified atom stereocenters. The van der Waals surface area contributed by atoms with Gasteiger partial charge in [-0.1, -0.05) is 23.9 Å². The second-order valence-electron chi connectivity index (χ2n) is 4.43. The van der Waals surface area contributed by atoms with Crippen LogP contribution in [0.1, 0.15) is 15.2 Å². The number of nitrogens with one attached hydrogen (secondary N) is 1. The summed E-state index contributed by atoms with van der Waals surface area (Å²) >= 11 is 1.57. The Hall–Kier alpha value is -1.93. The van der Waals surface area contributed by atoms with Crippen LogP contribution in [0.5, 0.6) is 0 Å². The molecule has 1 amide bonds. The van der Waals surface area contributed by atoms with E-state index < -0.39 is 24.2 Å². The number of carbonyl (C=O) groups is 2. The zero-order valence-electron chi connectivity index (χ0n) is 12.0. The van der Waals surface area contributed by atoms with E-state index in [1.54, 1.807) is 30.5 Å². The first-order chi connectivity index (χ1) is 11.0. The van der Waals surface area contributed by atoms with Gasteiger partial charge in [0.2, 0.25) is 0 Å². The molecule has 0 atom stereocenters. The number of hydrogen-bond donors (Lipinski definition) is 1. The molecular weight excluding hydrogens is 344 g/mol. The third-order valence-corrected chi connectivity index (χ3v) is 4.54. The molecule has 0 spiro atoms. The third kappa shape index (κ3) is 5.04. The second-order valence-corrected chi connectivity index (χ2v) is 6.38. The molecule has 4 nitrogen and oxygen atoms in total. The van der Waals surface area contributed by atoms with Crippen molar-refractivity contribution in [3.05, 3.63) is 46.2 Å². The highest BCUT2D eigenvalue weighted by Crippen LogP contribution is 2.31. The van der Waals surface area contributed by atoms with E-state index in [4.69, 9.17) is 4.74 Å². The molecule has 1 heterocycles. The Balaban J connectivity index is 1.93. The maximum Gasteiger partial charge on any atom is 0.349 e. The summed E-state index contributed by atoms with van der Waals surface area (Å²) in [6.45, 7) is 1.29. The van der Waals surface area contributed by atoms with Gasteiger partial charge < -0.3 is 10.1 Å². The van der Waals surface area contributed by atoms with Gasteiger partial charge in [-0.15, -0.1) is 11.3 Å². The van der Waals surface area contributed by atoms with Crippen LogP contribution < -0.4 is 5.32 Å². The number of hydrogen-bond acceptors (Lipinski definition) is 5. The van der Waals surface area contributed by atoms with E-state index >= 15 is 0 Å². The van der Waals surface area contributed by atoms with Crippen LogP contribution in [0.25, 0.3) is 0 Å². The van der Waals surface area contributed by atoms with Gasteiger partial charge in [0.15, 0.2) is 6.61 Å². The maximum absolute atomic E-state index is 12.5. The lowest BCUT2D eigenvalue weighted by atomic mass is 10.3. The monoisotopic (exact) mass is 357 g/mol. The number of halogens is 2. The topological polar surface area (TPSA) is 55.4 Å². The molecule has 1 aromatic carbocycles. The van der Waals surface area contributed by atoms with Crippen LogP contribution in [0, 0.1) is 6.92 Å². The summed E-state index contributed by atoms with van der Waals surface area (Å²) in [6, 6.07) is 7.98. The Morgan fingerprint density at radius 1 is 1.30 bits per heavy atom. The fourth-order valence-corrected chi connectivity index (χ4v) is 3.15. The van der Waals surface area contributed by atoms with Crippen LogP contribution in [0.2, 0.25) is 0 Å². The summed E-state index contributed by atoms with van der Waals surface area (Å²) in [4.78, 5) is 24.3. The minimum atomic E-state index is -2.59. The predicted octanol–water partition coefficient (Wildman–Crippen LogP) is 4.17. The van der Waals surface area contributed by atoms with E-state index in [1.165, 1.54) is 23.5 Å². The van der Waals surface area contributed by atoms with Crippen molar-refractivity contribution in [2.75, 3.05) is 11.9 Å². The number of alkyl halides is 2. The Labute approximate surface area is 139 Å². The molecular formula is C15H13F2NO3S2. The zero-order chi connectivity index (χ0) is 16.8. The second kappa shape index (κ2) is 8.07. The average Bonchev–Trinajstić information content (AvgIpc) is 2.92. The number of benzene rings is 1. The van der Waals surface area contributed by atoms with Crippen LogP contribution in [-0.4, -0.2) is 24.2 Å². The van der Waals surface area contributed by atoms with Crippen molar-refractivity contribution in [1.82, 2.24) is 0 Å². The molecule has 23 heavy (non-hydrogen) atoms. The quantitative estimate of drug-likeness (QED) is 0.623. The first kappa shape index (κ1) is 17.4. The first-order valence-electron chi connectivity index (χ1n) is 6.52. The number of para-hydroxylation sites is 1. The Morgan fingerprint density at radius 3 is 2.70 bits per heavy atom. The number of esters is 1. The molecule has 122 valence electrons. The van der Waals surface area contributed by atoms with Crippen molar-refractivity contribution < 1.29 is 23.1 Å².